The second-order valence-corrected chi connectivity index (χ2v) is 5.14. The standard InChI is InChI=1S/C12H24N2O2/c1-9(2)10(8-16-12(3,4)5)14-11(15)6-7-13/h6-7,9-10H,8,13H2,1-5H3,(H,14,15)/b7-6+/t10-/m1/s1. The van der Waals surface area contributed by atoms with Crippen LogP contribution in [0, 0.1) is 5.92 Å². The number of nitrogens with two attached hydrogens (primary N) is 1. The van der Waals surface area contributed by atoms with Crippen LogP contribution in [0.3, 0.4) is 0 Å². The molecule has 0 aliphatic rings. The molecule has 0 saturated carbocycles. The summed E-state index contributed by atoms with van der Waals surface area (Å²) in [5.41, 5.74) is 4.96. The van der Waals surface area contributed by atoms with Crippen molar-refractivity contribution < 1.29 is 9.53 Å². The van der Waals surface area contributed by atoms with Crippen LogP contribution in [-0.4, -0.2) is 24.2 Å². The van der Waals surface area contributed by atoms with Crippen molar-refractivity contribution in [1.29, 1.82) is 0 Å². The molecule has 0 rings (SSSR count). The van der Waals surface area contributed by atoms with Crippen LogP contribution in [0.4, 0.5) is 0 Å². The van der Waals surface area contributed by atoms with Gasteiger partial charge in [0.2, 0.25) is 5.91 Å². The average Bonchev–Trinajstić information content (AvgIpc) is 2.10. The van der Waals surface area contributed by atoms with Gasteiger partial charge in [-0.25, -0.2) is 0 Å². The molecule has 0 aliphatic heterocycles. The molecular weight excluding hydrogens is 204 g/mol. The molecule has 0 radical (unpaired) electrons. The lowest BCUT2D eigenvalue weighted by Crippen LogP contribution is -2.43. The van der Waals surface area contributed by atoms with E-state index in [2.05, 4.69) is 5.32 Å². The maximum Gasteiger partial charge on any atom is 0.245 e. The van der Waals surface area contributed by atoms with Gasteiger partial charge in [0, 0.05) is 6.08 Å². The highest BCUT2D eigenvalue weighted by Crippen LogP contribution is 2.10. The molecule has 3 N–H and O–H groups in total. The molecule has 0 bridgehead atoms. The maximum absolute atomic E-state index is 11.3. The van der Waals surface area contributed by atoms with E-state index in [-0.39, 0.29) is 17.6 Å². The van der Waals surface area contributed by atoms with E-state index in [0.29, 0.717) is 12.5 Å². The van der Waals surface area contributed by atoms with E-state index in [1.54, 1.807) is 0 Å². The Balaban J connectivity index is 4.24. The normalized spacial score (nSPS) is 14.4. The first-order valence-corrected chi connectivity index (χ1v) is 5.59. The molecule has 0 aromatic rings. The zero-order chi connectivity index (χ0) is 12.8. The number of amides is 1. The molecule has 94 valence electrons. The minimum absolute atomic E-state index is 0.00271. The summed E-state index contributed by atoms with van der Waals surface area (Å²) in [5.74, 6) is 0.135. The van der Waals surface area contributed by atoms with E-state index >= 15 is 0 Å². The maximum atomic E-state index is 11.3. The van der Waals surface area contributed by atoms with Crippen molar-refractivity contribution in [1.82, 2.24) is 5.32 Å². The Hall–Kier alpha value is -1.03. The first-order chi connectivity index (χ1) is 7.26. The fourth-order valence-corrected chi connectivity index (χ4v) is 1.06. The van der Waals surface area contributed by atoms with E-state index in [9.17, 15) is 4.79 Å². The number of carbonyl (C=O) groups is 1. The molecule has 0 spiro atoms. The lowest BCUT2D eigenvalue weighted by Gasteiger charge is -2.27. The molecule has 0 aliphatic carbocycles. The summed E-state index contributed by atoms with van der Waals surface area (Å²) in [6, 6.07) is 0.00271. The zero-order valence-corrected chi connectivity index (χ0v) is 10.9. The summed E-state index contributed by atoms with van der Waals surface area (Å²) in [6.45, 7) is 10.6. The Kier molecular flexibility index (Phi) is 6.11. The van der Waals surface area contributed by atoms with Crippen LogP contribution in [0.1, 0.15) is 34.6 Å². The van der Waals surface area contributed by atoms with E-state index in [1.165, 1.54) is 12.3 Å². The van der Waals surface area contributed by atoms with Crippen LogP contribution in [0.5, 0.6) is 0 Å². The zero-order valence-electron chi connectivity index (χ0n) is 10.9. The Morgan fingerprint density at radius 1 is 1.44 bits per heavy atom. The molecule has 0 heterocycles. The van der Waals surface area contributed by atoms with Crippen molar-refractivity contribution in [2.75, 3.05) is 6.61 Å². The Labute approximate surface area is 98.2 Å². The van der Waals surface area contributed by atoms with Gasteiger partial charge in [0.05, 0.1) is 18.2 Å². The summed E-state index contributed by atoms with van der Waals surface area (Å²) >= 11 is 0. The monoisotopic (exact) mass is 228 g/mol. The molecule has 0 fully saturated rings. The third kappa shape index (κ3) is 7.29. The number of rotatable bonds is 5. The van der Waals surface area contributed by atoms with Gasteiger partial charge in [0.25, 0.3) is 0 Å². The number of carbonyl (C=O) groups excluding carboxylic acids is 1. The van der Waals surface area contributed by atoms with Crippen molar-refractivity contribution in [2.24, 2.45) is 11.7 Å². The average molecular weight is 228 g/mol. The lowest BCUT2D eigenvalue weighted by atomic mass is 10.0. The first-order valence-electron chi connectivity index (χ1n) is 5.59. The lowest BCUT2D eigenvalue weighted by molar-refractivity contribution is -0.118. The molecule has 16 heavy (non-hydrogen) atoms. The third-order valence-electron chi connectivity index (χ3n) is 2.08. The highest BCUT2D eigenvalue weighted by Gasteiger charge is 2.19. The van der Waals surface area contributed by atoms with Crippen LogP contribution < -0.4 is 11.1 Å². The van der Waals surface area contributed by atoms with Gasteiger partial charge < -0.3 is 15.8 Å². The largest absolute Gasteiger partial charge is 0.404 e. The summed E-state index contributed by atoms with van der Waals surface area (Å²) in [7, 11) is 0. The quantitative estimate of drug-likeness (QED) is 0.699. The van der Waals surface area contributed by atoms with Gasteiger partial charge in [0.15, 0.2) is 0 Å². The Morgan fingerprint density at radius 3 is 2.38 bits per heavy atom. The van der Waals surface area contributed by atoms with E-state index < -0.39 is 0 Å². The fraction of sp³-hybridized carbons (Fsp3) is 0.750. The minimum Gasteiger partial charge on any atom is -0.404 e. The van der Waals surface area contributed by atoms with Crippen LogP contribution >= 0.6 is 0 Å². The van der Waals surface area contributed by atoms with Gasteiger partial charge in [-0.15, -0.1) is 0 Å². The molecular formula is C12H24N2O2. The van der Waals surface area contributed by atoms with Crippen molar-refractivity contribution in [2.45, 2.75) is 46.3 Å². The number of ether oxygens (including phenoxy) is 1. The van der Waals surface area contributed by atoms with Gasteiger partial charge in [-0.05, 0) is 32.9 Å². The minimum atomic E-state index is -0.193. The van der Waals surface area contributed by atoms with Crippen LogP contribution in [-0.2, 0) is 9.53 Å². The summed E-state index contributed by atoms with van der Waals surface area (Å²) < 4.78 is 5.66. The van der Waals surface area contributed by atoms with Gasteiger partial charge in [-0.1, -0.05) is 13.8 Å². The van der Waals surface area contributed by atoms with Crippen molar-refractivity contribution in [3.63, 3.8) is 0 Å². The van der Waals surface area contributed by atoms with Gasteiger partial charge in [0.1, 0.15) is 0 Å². The second-order valence-electron chi connectivity index (χ2n) is 5.14. The van der Waals surface area contributed by atoms with Crippen molar-refractivity contribution in [3.05, 3.63) is 12.3 Å². The molecule has 0 aromatic heterocycles. The highest BCUT2D eigenvalue weighted by molar-refractivity contribution is 5.87. The SMILES string of the molecule is CC(C)[C@@H](COC(C)(C)C)NC(=O)/C=C/N. The molecule has 0 unspecified atom stereocenters. The van der Waals surface area contributed by atoms with Gasteiger partial charge in [-0.3, -0.25) is 4.79 Å². The Bertz CT molecular complexity index is 242. The van der Waals surface area contributed by atoms with Crippen molar-refractivity contribution >= 4 is 5.91 Å². The van der Waals surface area contributed by atoms with E-state index in [0.717, 1.165) is 0 Å². The topological polar surface area (TPSA) is 64.3 Å². The number of hydrogen-bond acceptors (Lipinski definition) is 3. The predicted molar refractivity (Wildman–Crippen MR) is 65.8 cm³/mol. The molecule has 1 atom stereocenters. The van der Waals surface area contributed by atoms with Crippen LogP contribution in [0.15, 0.2) is 12.3 Å². The van der Waals surface area contributed by atoms with Gasteiger partial charge in [-0.2, -0.15) is 0 Å². The smallest absolute Gasteiger partial charge is 0.245 e. The molecule has 0 saturated heterocycles. The van der Waals surface area contributed by atoms with Gasteiger partial charge >= 0.3 is 0 Å². The molecule has 0 aromatic carbocycles. The Morgan fingerprint density at radius 2 is 2.00 bits per heavy atom. The molecule has 1 amide bonds. The fourth-order valence-electron chi connectivity index (χ4n) is 1.06. The number of hydrogen-bond donors (Lipinski definition) is 2. The second kappa shape index (κ2) is 6.53. The first kappa shape index (κ1) is 15.0. The van der Waals surface area contributed by atoms with E-state index in [1.807, 2.05) is 34.6 Å². The molecule has 4 nitrogen and oxygen atoms in total. The predicted octanol–water partition coefficient (Wildman–Crippen LogP) is 1.41. The number of nitrogens with one attached hydrogen (secondary N) is 1. The summed E-state index contributed by atoms with van der Waals surface area (Å²) in [4.78, 5) is 11.3. The summed E-state index contributed by atoms with van der Waals surface area (Å²) in [6.07, 6.45) is 2.55. The highest BCUT2D eigenvalue weighted by atomic mass is 16.5. The van der Waals surface area contributed by atoms with Crippen LogP contribution in [0.2, 0.25) is 0 Å². The third-order valence-corrected chi connectivity index (χ3v) is 2.08. The van der Waals surface area contributed by atoms with E-state index in [4.69, 9.17) is 10.5 Å². The van der Waals surface area contributed by atoms with Crippen LogP contribution in [0.25, 0.3) is 0 Å². The summed E-state index contributed by atoms with van der Waals surface area (Å²) in [5, 5.41) is 2.86. The molecule has 4 heteroatoms. The van der Waals surface area contributed by atoms with Crippen molar-refractivity contribution in [3.8, 4) is 0 Å².